The number of anilines is 1. The van der Waals surface area contributed by atoms with Gasteiger partial charge in [-0.25, -0.2) is 8.78 Å². The van der Waals surface area contributed by atoms with Gasteiger partial charge >= 0.3 is 5.92 Å². The third kappa shape index (κ3) is 4.41. The zero-order chi connectivity index (χ0) is 24.8. The Balaban J connectivity index is 1.61. The van der Waals surface area contributed by atoms with Crippen LogP contribution < -0.4 is 11.1 Å². The Morgan fingerprint density at radius 1 is 1.06 bits per heavy atom. The standard InChI is InChI=1S/C25H27F4N3O2/c1-13-3-6-18-11-16(30)12-22(13)32(18)24(34)25(28,29)19-10-15(4-7-21(19)27)23(33)31-17-5-8-20(26)14(2)9-17/h4-5,7-10,13,16,18,22H,3,6,11-12,30H2,1-2H3,(H,31,33)/t13-,16+,18+,22+/m0/s1. The summed E-state index contributed by atoms with van der Waals surface area (Å²) in [5.41, 5.74) is 5.22. The second kappa shape index (κ2) is 9.02. The van der Waals surface area contributed by atoms with E-state index < -0.39 is 47.0 Å². The number of alkyl halides is 2. The number of aryl methyl sites for hydroxylation is 1. The van der Waals surface area contributed by atoms with Gasteiger partial charge in [-0.2, -0.15) is 8.78 Å². The summed E-state index contributed by atoms with van der Waals surface area (Å²) in [7, 11) is 0. The fourth-order valence-electron chi connectivity index (χ4n) is 5.09. The lowest BCUT2D eigenvalue weighted by Crippen LogP contribution is -2.62. The van der Waals surface area contributed by atoms with E-state index in [2.05, 4.69) is 5.32 Å². The molecular weight excluding hydrogens is 450 g/mol. The van der Waals surface area contributed by atoms with Crippen LogP contribution in [0.2, 0.25) is 0 Å². The van der Waals surface area contributed by atoms with E-state index in [1.165, 1.54) is 24.0 Å². The first-order valence-corrected chi connectivity index (χ1v) is 11.3. The Bertz CT molecular complexity index is 1120. The van der Waals surface area contributed by atoms with E-state index in [-0.39, 0.29) is 28.8 Å². The number of carbonyl (C=O) groups is 2. The first-order chi connectivity index (χ1) is 16.0. The molecule has 2 heterocycles. The summed E-state index contributed by atoms with van der Waals surface area (Å²) in [6.45, 7) is 3.41. The van der Waals surface area contributed by atoms with Gasteiger partial charge < -0.3 is 16.0 Å². The van der Waals surface area contributed by atoms with Crippen LogP contribution in [0.3, 0.4) is 0 Å². The van der Waals surface area contributed by atoms with Crippen LogP contribution in [0.15, 0.2) is 36.4 Å². The Hall–Kier alpha value is -2.94. The van der Waals surface area contributed by atoms with Crippen molar-refractivity contribution in [1.82, 2.24) is 4.90 Å². The molecule has 2 bridgehead atoms. The van der Waals surface area contributed by atoms with Crippen LogP contribution in [-0.4, -0.2) is 34.8 Å². The maximum Gasteiger partial charge on any atom is 0.352 e. The van der Waals surface area contributed by atoms with Crippen LogP contribution in [0.4, 0.5) is 23.2 Å². The third-order valence-electron chi connectivity index (χ3n) is 6.97. The smallest absolute Gasteiger partial charge is 0.331 e. The number of halogens is 4. The number of amides is 2. The normalized spacial score (nSPS) is 24.6. The number of nitrogens with two attached hydrogens (primary N) is 1. The quantitative estimate of drug-likeness (QED) is 0.625. The van der Waals surface area contributed by atoms with Gasteiger partial charge in [-0.15, -0.1) is 0 Å². The molecule has 4 rings (SSSR count). The Morgan fingerprint density at radius 3 is 2.47 bits per heavy atom. The van der Waals surface area contributed by atoms with E-state index >= 15 is 8.78 Å². The molecule has 2 saturated heterocycles. The molecule has 0 aromatic heterocycles. The minimum atomic E-state index is -4.16. The van der Waals surface area contributed by atoms with Crippen LogP contribution in [0.1, 0.15) is 54.1 Å². The van der Waals surface area contributed by atoms with Crippen LogP contribution >= 0.6 is 0 Å². The molecule has 34 heavy (non-hydrogen) atoms. The van der Waals surface area contributed by atoms with Crippen LogP contribution in [0.25, 0.3) is 0 Å². The first-order valence-electron chi connectivity index (χ1n) is 11.3. The maximum atomic E-state index is 15.5. The average Bonchev–Trinajstić information content (AvgIpc) is 2.78. The molecule has 182 valence electrons. The number of rotatable bonds is 4. The van der Waals surface area contributed by atoms with Gasteiger partial charge in [0.1, 0.15) is 11.6 Å². The number of nitrogens with zero attached hydrogens (tertiary/aromatic N) is 1. The van der Waals surface area contributed by atoms with Crippen molar-refractivity contribution >= 4 is 17.5 Å². The largest absolute Gasteiger partial charge is 0.352 e. The predicted octanol–water partition coefficient (Wildman–Crippen LogP) is 4.73. The molecule has 3 N–H and O–H groups in total. The maximum absolute atomic E-state index is 15.5. The average molecular weight is 478 g/mol. The lowest BCUT2D eigenvalue weighted by atomic mass is 9.76. The third-order valence-corrected chi connectivity index (χ3v) is 6.97. The number of benzene rings is 2. The van der Waals surface area contributed by atoms with E-state index in [0.717, 1.165) is 24.6 Å². The van der Waals surface area contributed by atoms with Crippen molar-refractivity contribution in [2.24, 2.45) is 11.7 Å². The summed E-state index contributed by atoms with van der Waals surface area (Å²) in [5, 5.41) is 2.48. The van der Waals surface area contributed by atoms with Gasteiger partial charge in [0, 0.05) is 29.4 Å². The SMILES string of the molecule is Cc1cc(NC(=O)c2ccc(F)c(C(F)(F)C(=O)N3[C@@H]4CC[C@H](C)[C@H]3C[C@H](N)C4)c2)ccc1F. The second-order valence-electron chi connectivity index (χ2n) is 9.41. The Morgan fingerprint density at radius 2 is 1.76 bits per heavy atom. The summed E-state index contributed by atoms with van der Waals surface area (Å²) in [5.74, 6) is -8.15. The lowest BCUT2D eigenvalue weighted by Gasteiger charge is -2.51. The molecule has 0 spiro atoms. The number of hydrogen-bond donors (Lipinski definition) is 2. The predicted molar refractivity (Wildman–Crippen MR) is 119 cm³/mol. The molecule has 4 atom stereocenters. The van der Waals surface area contributed by atoms with Crippen LogP contribution in [0, 0.1) is 24.5 Å². The summed E-state index contributed by atoms with van der Waals surface area (Å²) >= 11 is 0. The van der Waals surface area contributed by atoms with E-state index in [1.807, 2.05) is 6.92 Å². The summed E-state index contributed by atoms with van der Waals surface area (Å²) in [6.07, 6.45) is 2.22. The van der Waals surface area contributed by atoms with Crippen molar-refractivity contribution in [2.45, 2.75) is 63.6 Å². The monoisotopic (exact) mass is 477 g/mol. The highest BCUT2D eigenvalue weighted by atomic mass is 19.3. The fraction of sp³-hybridized carbons (Fsp3) is 0.440. The van der Waals surface area contributed by atoms with E-state index in [0.29, 0.717) is 25.3 Å². The number of hydrogen-bond acceptors (Lipinski definition) is 3. The molecule has 9 heteroatoms. The fourth-order valence-corrected chi connectivity index (χ4v) is 5.09. The molecule has 2 fully saturated rings. The molecule has 2 aliphatic rings. The molecule has 0 saturated carbocycles. The number of piperidine rings is 2. The van der Waals surface area contributed by atoms with Crippen LogP contribution in [-0.2, 0) is 10.7 Å². The summed E-state index contributed by atoms with van der Waals surface area (Å²) in [6, 6.07) is 5.36. The number of nitrogens with one attached hydrogen (secondary N) is 1. The Kier molecular flexibility index (Phi) is 6.42. The highest BCUT2D eigenvalue weighted by Crippen LogP contribution is 2.42. The van der Waals surface area contributed by atoms with Crippen molar-refractivity contribution in [3.63, 3.8) is 0 Å². The second-order valence-corrected chi connectivity index (χ2v) is 9.41. The molecule has 0 radical (unpaired) electrons. The van der Waals surface area contributed by atoms with Crippen molar-refractivity contribution in [3.05, 3.63) is 64.7 Å². The van der Waals surface area contributed by atoms with Gasteiger partial charge in [-0.05, 0) is 80.5 Å². The molecular formula is C25H27F4N3O2. The van der Waals surface area contributed by atoms with Gasteiger partial charge in [-0.3, -0.25) is 9.59 Å². The van der Waals surface area contributed by atoms with Crippen molar-refractivity contribution in [1.29, 1.82) is 0 Å². The molecule has 0 unspecified atom stereocenters. The van der Waals surface area contributed by atoms with Gasteiger partial charge in [-0.1, -0.05) is 6.92 Å². The number of carbonyl (C=O) groups excluding carboxylic acids is 2. The van der Waals surface area contributed by atoms with Crippen molar-refractivity contribution in [3.8, 4) is 0 Å². The Labute approximate surface area is 195 Å². The minimum Gasteiger partial charge on any atom is -0.331 e. The zero-order valence-corrected chi connectivity index (χ0v) is 19.0. The van der Waals surface area contributed by atoms with E-state index in [4.69, 9.17) is 5.73 Å². The molecule has 0 aliphatic carbocycles. The molecule has 2 amide bonds. The first kappa shape index (κ1) is 24.2. The van der Waals surface area contributed by atoms with E-state index in [1.54, 1.807) is 0 Å². The molecule has 2 aromatic rings. The van der Waals surface area contributed by atoms with Gasteiger partial charge in [0.15, 0.2) is 0 Å². The summed E-state index contributed by atoms with van der Waals surface area (Å²) in [4.78, 5) is 26.9. The molecule has 5 nitrogen and oxygen atoms in total. The zero-order valence-electron chi connectivity index (χ0n) is 19.0. The minimum absolute atomic E-state index is 0.00322. The highest BCUT2D eigenvalue weighted by Gasteiger charge is 2.53. The molecule has 2 aliphatic heterocycles. The van der Waals surface area contributed by atoms with Crippen molar-refractivity contribution in [2.75, 3.05) is 5.32 Å². The molecule has 2 aromatic carbocycles. The van der Waals surface area contributed by atoms with Crippen LogP contribution in [0.5, 0.6) is 0 Å². The topological polar surface area (TPSA) is 75.4 Å². The van der Waals surface area contributed by atoms with Gasteiger partial charge in [0.25, 0.3) is 11.8 Å². The van der Waals surface area contributed by atoms with Crippen molar-refractivity contribution < 1.29 is 27.2 Å². The summed E-state index contributed by atoms with van der Waals surface area (Å²) < 4.78 is 58.9. The van der Waals surface area contributed by atoms with E-state index in [9.17, 15) is 18.4 Å². The van der Waals surface area contributed by atoms with Gasteiger partial charge in [0.2, 0.25) is 0 Å². The highest BCUT2D eigenvalue weighted by molar-refractivity contribution is 6.04. The van der Waals surface area contributed by atoms with Gasteiger partial charge in [0.05, 0.1) is 5.56 Å². The lowest BCUT2D eigenvalue weighted by molar-refractivity contribution is -0.172. The number of fused-ring (bicyclic) bond motifs is 2.